The van der Waals surface area contributed by atoms with Gasteiger partial charge >= 0.3 is 0 Å². The molecule has 0 aromatic heterocycles. The molecule has 0 atom stereocenters. The number of benzene rings is 2. The third-order valence-corrected chi connectivity index (χ3v) is 5.59. The van der Waals surface area contributed by atoms with Gasteiger partial charge in [-0.05, 0) is 80.2 Å². The van der Waals surface area contributed by atoms with Crippen LogP contribution in [0.4, 0.5) is 11.4 Å². The quantitative estimate of drug-likeness (QED) is 0.440. The fraction of sp³-hybridized carbons (Fsp3) is 0.435. The Morgan fingerprint density at radius 1 is 1.04 bits per heavy atom. The minimum atomic E-state index is 0.610. The van der Waals surface area contributed by atoms with Crippen LogP contribution >= 0.6 is 0 Å². The summed E-state index contributed by atoms with van der Waals surface area (Å²) in [4.78, 5) is 9.26. The fourth-order valence-corrected chi connectivity index (χ4v) is 3.70. The van der Waals surface area contributed by atoms with Crippen LogP contribution in [0.25, 0.3) is 0 Å². The van der Waals surface area contributed by atoms with Gasteiger partial charge in [-0.3, -0.25) is 9.89 Å². The van der Waals surface area contributed by atoms with Crippen LogP contribution in [0.2, 0.25) is 0 Å². The molecule has 3 rings (SSSR count). The average molecular weight is 380 g/mol. The Bertz CT molecular complexity index is 757. The van der Waals surface area contributed by atoms with E-state index >= 15 is 0 Å². The van der Waals surface area contributed by atoms with Gasteiger partial charge in [0.05, 0.1) is 0 Å². The van der Waals surface area contributed by atoms with Crippen LogP contribution in [0, 0.1) is 5.92 Å². The minimum absolute atomic E-state index is 0.610. The lowest BCUT2D eigenvalue weighted by molar-refractivity contribution is 0.173. The van der Waals surface area contributed by atoms with Gasteiger partial charge in [-0.2, -0.15) is 0 Å². The number of hydrogen-bond acceptors (Lipinski definition) is 4. The first kappa shape index (κ1) is 20.2. The van der Waals surface area contributed by atoms with E-state index in [1.807, 2.05) is 24.3 Å². The maximum Gasteiger partial charge on any atom is 0.125 e. The molecule has 1 heterocycles. The molecule has 5 heteroatoms. The molecule has 2 aromatic rings. The summed E-state index contributed by atoms with van der Waals surface area (Å²) in [5, 5.41) is 0. The SMILES string of the molecule is CN(C)c1ccc(CN2CCC(CCN=C(N)c3ccc(N)cc3)CC2)cc1. The van der Waals surface area contributed by atoms with Crippen LogP contribution in [0.15, 0.2) is 53.5 Å². The lowest BCUT2D eigenvalue weighted by Gasteiger charge is -2.31. The highest BCUT2D eigenvalue weighted by Crippen LogP contribution is 2.22. The molecule has 1 aliphatic rings. The van der Waals surface area contributed by atoms with Crippen molar-refractivity contribution in [2.24, 2.45) is 16.6 Å². The molecule has 4 N–H and O–H groups in total. The molecule has 2 aromatic carbocycles. The molecule has 5 nitrogen and oxygen atoms in total. The van der Waals surface area contributed by atoms with E-state index in [-0.39, 0.29) is 0 Å². The van der Waals surface area contributed by atoms with Crippen LogP contribution in [0.1, 0.15) is 30.4 Å². The summed E-state index contributed by atoms with van der Waals surface area (Å²) in [6.45, 7) is 4.17. The van der Waals surface area contributed by atoms with Crippen LogP contribution in [-0.4, -0.2) is 44.5 Å². The average Bonchev–Trinajstić information content (AvgIpc) is 2.70. The number of piperidine rings is 1. The summed E-state index contributed by atoms with van der Waals surface area (Å²) in [5.74, 6) is 1.36. The number of hydrogen-bond donors (Lipinski definition) is 2. The lowest BCUT2D eigenvalue weighted by atomic mass is 9.93. The minimum Gasteiger partial charge on any atom is -0.399 e. The van der Waals surface area contributed by atoms with Gasteiger partial charge in [0.1, 0.15) is 5.84 Å². The number of nitrogens with two attached hydrogens (primary N) is 2. The molecule has 1 fully saturated rings. The Kier molecular flexibility index (Phi) is 6.93. The third kappa shape index (κ3) is 5.73. The summed E-state index contributed by atoms with van der Waals surface area (Å²) in [5.41, 5.74) is 16.2. The summed E-state index contributed by atoms with van der Waals surface area (Å²) >= 11 is 0. The van der Waals surface area contributed by atoms with Gasteiger partial charge in [-0.1, -0.05) is 12.1 Å². The number of aliphatic imine (C=N–C) groups is 1. The first-order valence-corrected chi connectivity index (χ1v) is 10.2. The highest BCUT2D eigenvalue weighted by Gasteiger charge is 2.19. The summed E-state index contributed by atoms with van der Waals surface area (Å²) in [6, 6.07) is 16.5. The van der Waals surface area contributed by atoms with Crippen molar-refractivity contribution in [3.8, 4) is 0 Å². The van der Waals surface area contributed by atoms with Crippen molar-refractivity contribution >= 4 is 17.2 Å². The molecule has 1 aliphatic heterocycles. The Hall–Kier alpha value is -2.53. The van der Waals surface area contributed by atoms with Gasteiger partial charge in [0.15, 0.2) is 0 Å². The van der Waals surface area contributed by atoms with Crippen molar-refractivity contribution in [2.75, 3.05) is 44.4 Å². The molecule has 0 bridgehead atoms. The second-order valence-electron chi connectivity index (χ2n) is 7.96. The largest absolute Gasteiger partial charge is 0.399 e. The second kappa shape index (κ2) is 9.60. The lowest BCUT2D eigenvalue weighted by Crippen LogP contribution is -2.33. The van der Waals surface area contributed by atoms with Gasteiger partial charge in [0, 0.05) is 44.1 Å². The van der Waals surface area contributed by atoms with E-state index < -0.39 is 0 Å². The zero-order valence-electron chi connectivity index (χ0n) is 17.1. The summed E-state index contributed by atoms with van der Waals surface area (Å²) in [6.07, 6.45) is 3.60. The Balaban J connectivity index is 1.40. The first-order valence-electron chi connectivity index (χ1n) is 10.2. The van der Waals surface area contributed by atoms with Crippen LogP contribution in [-0.2, 0) is 6.54 Å². The Labute approximate surface area is 169 Å². The molecular weight excluding hydrogens is 346 g/mol. The maximum atomic E-state index is 6.10. The van der Waals surface area contributed by atoms with Gasteiger partial charge in [0.25, 0.3) is 0 Å². The number of amidine groups is 1. The molecule has 1 saturated heterocycles. The highest BCUT2D eigenvalue weighted by atomic mass is 15.1. The Morgan fingerprint density at radius 2 is 1.68 bits per heavy atom. The molecule has 28 heavy (non-hydrogen) atoms. The van der Waals surface area contributed by atoms with Crippen molar-refractivity contribution in [2.45, 2.75) is 25.8 Å². The predicted molar refractivity (Wildman–Crippen MR) is 120 cm³/mol. The Morgan fingerprint density at radius 3 is 2.29 bits per heavy atom. The van der Waals surface area contributed by atoms with Crippen LogP contribution < -0.4 is 16.4 Å². The monoisotopic (exact) mass is 379 g/mol. The molecule has 0 unspecified atom stereocenters. The van der Waals surface area contributed by atoms with E-state index in [1.165, 1.54) is 24.1 Å². The van der Waals surface area contributed by atoms with Gasteiger partial charge in [-0.25, -0.2) is 0 Å². The van der Waals surface area contributed by atoms with Gasteiger partial charge < -0.3 is 16.4 Å². The van der Waals surface area contributed by atoms with E-state index in [0.717, 1.165) is 49.8 Å². The molecular formula is C23H33N5. The topological polar surface area (TPSA) is 70.9 Å². The second-order valence-corrected chi connectivity index (χ2v) is 7.96. The summed E-state index contributed by atoms with van der Waals surface area (Å²) in [7, 11) is 4.15. The highest BCUT2D eigenvalue weighted by molar-refractivity contribution is 5.97. The van der Waals surface area contributed by atoms with E-state index in [4.69, 9.17) is 11.5 Å². The van der Waals surface area contributed by atoms with Crippen molar-refractivity contribution in [3.05, 3.63) is 59.7 Å². The van der Waals surface area contributed by atoms with E-state index in [0.29, 0.717) is 5.84 Å². The zero-order valence-corrected chi connectivity index (χ0v) is 17.1. The molecule has 0 aliphatic carbocycles. The molecule has 0 radical (unpaired) electrons. The van der Waals surface area contributed by atoms with Gasteiger partial charge in [-0.15, -0.1) is 0 Å². The summed E-state index contributed by atoms with van der Waals surface area (Å²) < 4.78 is 0. The normalized spacial score (nSPS) is 16.3. The third-order valence-electron chi connectivity index (χ3n) is 5.59. The smallest absolute Gasteiger partial charge is 0.125 e. The maximum absolute atomic E-state index is 6.10. The number of nitrogen functional groups attached to an aromatic ring is 1. The van der Waals surface area contributed by atoms with Crippen LogP contribution in [0.3, 0.4) is 0 Å². The van der Waals surface area contributed by atoms with Crippen molar-refractivity contribution in [3.63, 3.8) is 0 Å². The van der Waals surface area contributed by atoms with E-state index in [2.05, 4.69) is 53.2 Å². The number of nitrogens with zero attached hydrogens (tertiary/aromatic N) is 3. The van der Waals surface area contributed by atoms with Gasteiger partial charge in [0.2, 0.25) is 0 Å². The molecule has 150 valence electrons. The van der Waals surface area contributed by atoms with Crippen LogP contribution in [0.5, 0.6) is 0 Å². The van der Waals surface area contributed by atoms with E-state index in [1.54, 1.807) is 0 Å². The predicted octanol–water partition coefficient (Wildman–Crippen LogP) is 3.34. The fourth-order valence-electron chi connectivity index (χ4n) is 3.70. The molecule has 0 spiro atoms. The number of rotatable bonds is 7. The first-order chi connectivity index (χ1) is 13.5. The molecule has 0 saturated carbocycles. The van der Waals surface area contributed by atoms with E-state index in [9.17, 15) is 0 Å². The van der Waals surface area contributed by atoms with Crippen molar-refractivity contribution in [1.29, 1.82) is 0 Å². The number of likely N-dealkylation sites (tertiary alicyclic amines) is 1. The number of anilines is 2. The van der Waals surface area contributed by atoms with Crippen molar-refractivity contribution < 1.29 is 0 Å². The van der Waals surface area contributed by atoms with Crippen molar-refractivity contribution in [1.82, 2.24) is 4.90 Å². The molecule has 0 amide bonds. The zero-order chi connectivity index (χ0) is 19.9. The standard InChI is InChI=1S/C23H33N5/c1-27(2)22-9-3-19(4-10-22)17-28-15-12-18(13-16-28)11-14-26-23(25)20-5-7-21(24)8-6-20/h3-10,18H,11-17,24H2,1-2H3,(H2,25,26).